The second-order valence-electron chi connectivity index (χ2n) is 5.80. The highest BCUT2D eigenvalue weighted by Crippen LogP contribution is 2.28. The van der Waals surface area contributed by atoms with Crippen molar-refractivity contribution in [1.82, 2.24) is 15.0 Å². The van der Waals surface area contributed by atoms with Crippen LogP contribution in [0.25, 0.3) is 0 Å². The molecule has 1 N–H and O–H groups in total. The maximum atomic E-state index is 6.23. The molecule has 0 aliphatic carbocycles. The highest BCUT2D eigenvalue weighted by molar-refractivity contribution is 7.09. The molecule has 0 aromatic carbocycles. The Morgan fingerprint density at radius 1 is 1.30 bits per heavy atom. The highest BCUT2D eigenvalue weighted by atomic mass is 35.5. The summed E-state index contributed by atoms with van der Waals surface area (Å²) in [7, 11) is 0. The lowest BCUT2D eigenvalue weighted by atomic mass is 9.95. The number of nitrogens with one attached hydrogen (secondary N) is 1. The number of rotatable bonds is 3. The zero-order valence-corrected chi connectivity index (χ0v) is 13.9. The van der Waals surface area contributed by atoms with E-state index >= 15 is 0 Å². The topological polar surface area (TPSA) is 50.7 Å². The second-order valence-corrected chi connectivity index (χ2v) is 7.08. The molecule has 0 aliphatic heterocycles. The van der Waals surface area contributed by atoms with Crippen molar-refractivity contribution in [2.75, 3.05) is 5.32 Å². The Labute approximate surface area is 128 Å². The number of hydrogen-bond donors (Lipinski definition) is 1. The van der Waals surface area contributed by atoms with Gasteiger partial charge >= 0.3 is 0 Å². The maximum absolute atomic E-state index is 6.23. The summed E-state index contributed by atoms with van der Waals surface area (Å²) in [5, 5.41) is 6.87. The minimum absolute atomic E-state index is 0.0903. The van der Waals surface area contributed by atoms with Gasteiger partial charge in [-0.25, -0.2) is 15.0 Å². The van der Waals surface area contributed by atoms with Crippen LogP contribution in [0.1, 0.15) is 50.1 Å². The lowest BCUT2D eigenvalue weighted by Crippen LogP contribution is -2.19. The van der Waals surface area contributed by atoms with E-state index in [4.69, 9.17) is 11.6 Å². The first-order valence-electron chi connectivity index (χ1n) is 6.49. The number of nitrogens with zero attached hydrogens (tertiary/aromatic N) is 3. The average Bonchev–Trinajstić information content (AvgIpc) is 2.87. The molecule has 20 heavy (non-hydrogen) atoms. The molecule has 2 heterocycles. The zero-order valence-electron chi connectivity index (χ0n) is 12.4. The van der Waals surface area contributed by atoms with Gasteiger partial charge in [0.1, 0.15) is 21.8 Å². The van der Waals surface area contributed by atoms with Crippen LogP contribution in [0.5, 0.6) is 0 Å². The lowest BCUT2D eigenvalue weighted by molar-refractivity contribution is 0.545. The molecule has 0 aliphatic rings. The van der Waals surface area contributed by atoms with Crippen LogP contribution >= 0.6 is 22.9 Å². The van der Waals surface area contributed by atoms with Gasteiger partial charge in [-0.3, -0.25) is 0 Å². The fraction of sp³-hybridized carbons (Fsp3) is 0.500. The second kappa shape index (κ2) is 5.66. The van der Waals surface area contributed by atoms with Crippen molar-refractivity contribution in [2.45, 2.75) is 46.1 Å². The molecule has 0 bridgehead atoms. The monoisotopic (exact) mass is 310 g/mol. The molecule has 1 atom stereocenters. The van der Waals surface area contributed by atoms with Gasteiger partial charge < -0.3 is 5.32 Å². The maximum Gasteiger partial charge on any atom is 0.137 e. The van der Waals surface area contributed by atoms with Crippen LogP contribution in [0.4, 0.5) is 5.82 Å². The molecule has 2 aromatic rings. The molecule has 4 nitrogen and oxygen atoms in total. The van der Waals surface area contributed by atoms with E-state index < -0.39 is 0 Å². The van der Waals surface area contributed by atoms with Gasteiger partial charge in [0.05, 0.1) is 6.04 Å². The van der Waals surface area contributed by atoms with E-state index in [2.05, 4.69) is 48.0 Å². The SMILES string of the molecule is Cc1c(Cl)nc(C(C)(C)C)nc1NC(C)c1nccs1. The summed E-state index contributed by atoms with van der Waals surface area (Å²) in [6.45, 7) is 10.2. The van der Waals surface area contributed by atoms with Crippen LogP contribution in [0.2, 0.25) is 5.15 Å². The van der Waals surface area contributed by atoms with Gasteiger partial charge in [-0.1, -0.05) is 32.4 Å². The number of halogens is 1. The summed E-state index contributed by atoms with van der Waals surface area (Å²) in [6.07, 6.45) is 1.80. The molecule has 2 aromatic heterocycles. The van der Waals surface area contributed by atoms with Crippen LogP contribution in [0, 0.1) is 6.92 Å². The van der Waals surface area contributed by atoms with Crippen molar-refractivity contribution in [3.63, 3.8) is 0 Å². The first-order chi connectivity index (χ1) is 9.29. The standard InChI is InChI=1S/C14H19ClN4S/c1-8-10(15)18-13(14(3,4)5)19-11(8)17-9(2)12-16-6-7-20-12/h6-7,9H,1-5H3,(H,17,18,19). The molecule has 2 rings (SSSR count). The van der Waals surface area contributed by atoms with Crippen LogP contribution in [0.15, 0.2) is 11.6 Å². The molecule has 6 heteroatoms. The quantitative estimate of drug-likeness (QED) is 0.855. The number of aromatic nitrogens is 3. The summed E-state index contributed by atoms with van der Waals surface area (Å²) in [6, 6.07) is 0.0903. The third-order valence-electron chi connectivity index (χ3n) is 2.93. The Balaban J connectivity index is 2.34. The van der Waals surface area contributed by atoms with E-state index in [1.54, 1.807) is 17.5 Å². The first-order valence-corrected chi connectivity index (χ1v) is 7.75. The predicted molar refractivity (Wildman–Crippen MR) is 84.6 cm³/mol. The van der Waals surface area contributed by atoms with Crippen LogP contribution in [0.3, 0.4) is 0 Å². The summed E-state index contributed by atoms with van der Waals surface area (Å²) < 4.78 is 0. The summed E-state index contributed by atoms with van der Waals surface area (Å²) >= 11 is 7.85. The number of thiazole rings is 1. The molecule has 0 saturated carbocycles. The van der Waals surface area contributed by atoms with Gasteiger partial charge in [-0.15, -0.1) is 11.3 Å². The smallest absolute Gasteiger partial charge is 0.137 e. The predicted octanol–water partition coefficient (Wildman–Crippen LogP) is 4.37. The molecular formula is C14H19ClN4S. The molecule has 0 spiro atoms. The van der Waals surface area contributed by atoms with E-state index in [1.807, 2.05) is 12.3 Å². The van der Waals surface area contributed by atoms with Crippen molar-refractivity contribution in [3.8, 4) is 0 Å². The Kier molecular flexibility index (Phi) is 4.30. The molecule has 108 valence electrons. The Morgan fingerprint density at radius 3 is 2.55 bits per heavy atom. The minimum atomic E-state index is -0.141. The normalized spacial score (nSPS) is 13.3. The van der Waals surface area contributed by atoms with Crippen LogP contribution < -0.4 is 5.32 Å². The van der Waals surface area contributed by atoms with Crippen LogP contribution in [-0.4, -0.2) is 15.0 Å². The Hall–Kier alpha value is -1.20. The largest absolute Gasteiger partial charge is 0.361 e. The highest BCUT2D eigenvalue weighted by Gasteiger charge is 2.21. The van der Waals surface area contributed by atoms with E-state index in [9.17, 15) is 0 Å². The van der Waals surface area contributed by atoms with Crippen LogP contribution in [-0.2, 0) is 5.41 Å². The summed E-state index contributed by atoms with van der Waals surface area (Å²) in [4.78, 5) is 13.3. The molecule has 0 amide bonds. The molecule has 0 radical (unpaired) electrons. The van der Waals surface area contributed by atoms with Crippen molar-refractivity contribution < 1.29 is 0 Å². The number of anilines is 1. The van der Waals surface area contributed by atoms with Gasteiger partial charge in [-0.05, 0) is 13.8 Å². The van der Waals surface area contributed by atoms with Crippen molar-refractivity contribution in [2.24, 2.45) is 0 Å². The van der Waals surface area contributed by atoms with Gasteiger partial charge in [-0.2, -0.15) is 0 Å². The van der Waals surface area contributed by atoms with Crippen molar-refractivity contribution in [1.29, 1.82) is 0 Å². The molecule has 0 saturated heterocycles. The summed E-state index contributed by atoms with van der Waals surface area (Å²) in [5.41, 5.74) is 0.723. The number of hydrogen-bond acceptors (Lipinski definition) is 5. The average molecular weight is 311 g/mol. The first kappa shape index (κ1) is 15.2. The van der Waals surface area contributed by atoms with E-state index in [0.29, 0.717) is 5.15 Å². The Bertz CT molecular complexity index is 590. The molecular weight excluding hydrogens is 292 g/mol. The van der Waals surface area contributed by atoms with E-state index in [-0.39, 0.29) is 11.5 Å². The van der Waals surface area contributed by atoms with Gasteiger partial charge in [0.25, 0.3) is 0 Å². The lowest BCUT2D eigenvalue weighted by Gasteiger charge is -2.21. The summed E-state index contributed by atoms with van der Waals surface area (Å²) in [5.74, 6) is 1.51. The zero-order chi connectivity index (χ0) is 14.9. The third-order valence-corrected chi connectivity index (χ3v) is 4.26. The van der Waals surface area contributed by atoms with E-state index in [1.165, 1.54) is 0 Å². The fourth-order valence-corrected chi connectivity index (χ4v) is 2.50. The van der Waals surface area contributed by atoms with E-state index in [0.717, 1.165) is 22.2 Å². The molecule has 1 unspecified atom stereocenters. The molecule has 0 fully saturated rings. The van der Waals surface area contributed by atoms with Crippen molar-refractivity contribution >= 4 is 28.8 Å². The Morgan fingerprint density at radius 2 is 2.00 bits per heavy atom. The minimum Gasteiger partial charge on any atom is -0.361 e. The van der Waals surface area contributed by atoms with Gasteiger partial charge in [0, 0.05) is 22.6 Å². The van der Waals surface area contributed by atoms with Gasteiger partial charge in [0.2, 0.25) is 0 Å². The fourth-order valence-electron chi connectivity index (χ4n) is 1.68. The third kappa shape index (κ3) is 3.27. The van der Waals surface area contributed by atoms with Crippen molar-refractivity contribution in [3.05, 3.63) is 33.1 Å². The van der Waals surface area contributed by atoms with Gasteiger partial charge in [0.15, 0.2) is 0 Å².